The van der Waals surface area contributed by atoms with E-state index in [-0.39, 0.29) is 10.5 Å². The number of methoxy groups -OCH3 is 2. The summed E-state index contributed by atoms with van der Waals surface area (Å²) < 4.78 is 37.2. The van der Waals surface area contributed by atoms with Crippen LogP contribution in [-0.2, 0) is 10.0 Å². The zero-order valence-electron chi connectivity index (χ0n) is 18.7. The first kappa shape index (κ1) is 23.7. The number of sulfonamides is 1. The Morgan fingerprint density at radius 2 is 1.81 bits per heavy atom. The molecule has 0 radical (unpaired) electrons. The molecule has 2 aromatic carbocycles. The molecule has 3 aromatic rings. The van der Waals surface area contributed by atoms with E-state index in [2.05, 4.69) is 10.3 Å². The molecule has 0 aliphatic rings. The number of aryl methyl sites for hydroxylation is 1. The number of rotatable bonds is 7. The highest BCUT2D eigenvalue weighted by molar-refractivity contribution is 7.89. The molecule has 170 valence electrons. The molecule has 10 heteroatoms. The van der Waals surface area contributed by atoms with Gasteiger partial charge in [-0.05, 0) is 55.3 Å². The lowest BCUT2D eigenvalue weighted by Crippen LogP contribution is -2.24. The lowest BCUT2D eigenvalue weighted by Gasteiger charge is -2.16. The largest absolute Gasteiger partial charge is 0.497 e. The number of nitrogens with zero attached hydrogens (tertiary/aromatic N) is 2. The molecule has 1 aromatic heterocycles. The monoisotopic (exact) mass is 475 g/mol. The third-order valence-electron chi connectivity index (χ3n) is 5.05. The highest BCUT2D eigenvalue weighted by Crippen LogP contribution is 2.35. The number of nitrogens with one attached hydrogen (secondary N) is 1. The van der Waals surface area contributed by atoms with Crippen molar-refractivity contribution in [2.24, 2.45) is 0 Å². The molecule has 1 amide bonds. The van der Waals surface area contributed by atoms with Gasteiger partial charge < -0.3 is 9.47 Å². The van der Waals surface area contributed by atoms with E-state index in [4.69, 9.17) is 9.47 Å². The summed E-state index contributed by atoms with van der Waals surface area (Å²) in [5, 5.41) is 4.94. The Morgan fingerprint density at radius 3 is 2.44 bits per heavy atom. The second-order valence-corrected chi connectivity index (χ2v) is 10.2. The van der Waals surface area contributed by atoms with Crippen molar-refractivity contribution in [3.8, 4) is 22.8 Å². The summed E-state index contributed by atoms with van der Waals surface area (Å²) in [6, 6.07) is 8.44. The number of ether oxygens (including phenoxy) is 2. The van der Waals surface area contributed by atoms with E-state index in [1.807, 2.05) is 0 Å². The molecule has 32 heavy (non-hydrogen) atoms. The van der Waals surface area contributed by atoms with E-state index < -0.39 is 15.9 Å². The molecule has 0 aliphatic heterocycles. The Kier molecular flexibility index (Phi) is 6.87. The number of anilines is 1. The smallest absolute Gasteiger partial charge is 0.257 e. The highest BCUT2D eigenvalue weighted by atomic mass is 32.2. The first-order chi connectivity index (χ1) is 15.1. The third-order valence-corrected chi connectivity index (χ3v) is 7.75. The molecule has 0 saturated carbocycles. The van der Waals surface area contributed by atoms with Crippen molar-refractivity contribution in [2.45, 2.75) is 18.7 Å². The molecule has 8 nitrogen and oxygen atoms in total. The topological polar surface area (TPSA) is 97.8 Å². The van der Waals surface area contributed by atoms with Crippen molar-refractivity contribution in [3.05, 3.63) is 52.4 Å². The van der Waals surface area contributed by atoms with Crippen molar-refractivity contribution in [1.82, 2.24) is 9.29 Å². The van der Waals surface area contributed by atoms with Crippen LogP contribution in [0.15, 0.2) is 40.6 Å². The maximum atomic E-state index is 12.9. The summed E-state index contributed by atoms with van der Waals surface area (Å²) in [7, 11) is 2.37. The summed E-state index contributed by atoms with van der Waals surface area (Å²) in [6.45, 7) is 3.50. The predicted molar refractivity (Wildman–Crippen MR) is 125 cm³/mol. The van der Waals surface area contributed by atoms with Crippen LogP contribution < -0.4 is 14.8 Å². The first-order valence-electron chi connectivity index (χ1n) is 9.61. The van der Waals surface area contributed by atoms with Gasteiger partial charge in [-0.2, -0.15) is 0 Å². The van der Waals surface area contributed by atoms with E-state index in [1.54, 1.807) is 57.7 Å². The fourth-order valence-electron chi connectivity index (χ4n) is 3.06. The van der Waals surface area contributed by atoms with Gasteiger partial charge in [-0.15, -0.1) is 11.3 Å². The van der Waals surface area contributed by atoms with E-state index in [1.165, 1.54) is 31.5 Å². The third kappa shape index (κ3) is 4.62. The van der Waals surface area contributed by atoms with Gasteiger partial charge in [-0.1, -0.05) is 0 Å². The lowest BCUT2D eigenvalue weighted by molar-refractivity contribution is 0.102. The van der Waals surface area contributed by atoms with Crippen LogP contribution in [0, 0.1) is 13.8 Å². The summed E-state index contributed by atoms with van der Waals surface area (Å²) in [5.74, 6) is 0.840. The zero-order valence-corrected chi connectivity index (χ0v) is 20.3. The number of carbonyl (C=O) groups excluding carboxylic acids is 1. The minimum absolute atomic E-state index is 0.105. The maximum absolute atomic E-state index is 12.9. The van der Waals surface area contributed by atoms with Crippen LogP contribution >= 0.6 is 11.3 Å². The molecular formula is C22H25N3O5S2. The second-order valence-electron chi connectivity index (χ2n) is 7.26. The SMILES string of the molecule is COc1ccc(OC)c(-c2csc(NC(=O)c3cc(C)c(C)c(S(=O)(=O)N(C)C)c3)n2)c1. The first-order valence-corrected chi connectivity index (χ1v) is 11.9. The fraction of sp³-hybridized carbons (Fsp3) is 0.273. The number of aromatic nitrogens is 1. The summed E-state index contributed by atoms with van der Waals surface area (Å²) in [6.07, 6.45) is 0. The number of carbonyl (C=O) groups is 1. The number of hydrogen-bond donors (Lipinski definition) is 1. The molecule has 1 N–H and O–H groups in total. The Hall–Kier alpha value is -2.95. The van der Waals surface area contributed by atoms with Gasteiger partial charge in [0.15, 0.2) is 5.13 Å². The van der Waals surface area contributed by atoms with Gasteiger partial charge >= 0.3 is 0 Å². The van der Waals surface area contributed by atoms with Gasteiger partial charge in [0.2, 0.25) is 10.0 Å². The normalized spacial score (nSPS) is 11.5. The minimum atomic E-state index is -3.69. The van der Waals surface area contributed by atoms with Crippen molar-refractivity contribution in [1.29, 1.82) is 0 Å². The average molecular weight is 476 g/mol. The van der Waals surface area contributed by atoms with Gasteiger partial charge in [0.05, 0.1) is 24.8 Å². The van der Waals surface area contributed by atoms with Gasteiger partial charge in [0, 0.05) is 30.6 Å². The van der Waals surface area contributed by atoms with Gasteiger partial charge in [-0.25, -0.2) is 17.7 Å². The molecule has 1 heterocycles. The quantitative estimate of drug-likeness (QED) is 0.556. The molecule has 0 aliphatic carbocycles. The average Bonchev–Trinajstić information content (AvgIpc) is 3.22. The molecule has 0 spiro atoms. The van der Waals surface area contributed by atoms with Crippen molar-refractivity contribution in [2.75, 3.05) is 33.6 Å². The number of thiazole rings is 1. The zero-order chi connectivity index (χ0) is 23.6. The van der Waals surface area contributed by atoms with Crippen molar-refractivity contribution in [3.63, 3.8) is 0 Å². The Bertz CT molecular complexity index is 1270. The van der Waals surface area contributed by atoms with Crippen LogP contribution in [0.1, 0.15) is 21.5 Å². The predicted octanol–water partition coefficient (Wildman–Crippen LogP) is 3.95. The van der Waals surface area contributed by atoms with Crippen molar-refractivity contribution >= 4 is 32.4 Å². The molecule has 3 rings (SSSR count). The molecule has 0 saturated heterocycles. The lowest BCUT2D eigenvalue weighted by atomic mass is 10.1. The molecule has 0 fully saturated rings. The van der Waals surface area contributed by atoms with E-state index in [0.29, 0.717) is 33.5 Å². The molecule has 0 bridgehead atoms. The Labute approximate surface area is 191 Å². The van der Waals surface area contributed by atoms with Crippen LogP contribution in [0.4, 0.5) is 5.13 Å². The fourth-order valence-corrected chi connectivity index (χ4v) is 4.98. The Balaban J connectivity index is 1.92. The van der Waals surface area contributed by atoms with Crippen LogP contribution in [0.5, 0.6) is 11.5 Å². The maximum Gasteiger partial charge on any atom is 0.257 e. The second kappa shape index (κ2) is 9.27. The van der Waals surface area contributed by atoms with E-state index in [0.717, 1.165) is 9.87 Å². The summed E-state index contributed by atoms with van der Waals surface area (Å²) >= 11 is 1.26. The molecule has 0 unspecified atom stereocenters. The van der Waals surface area contributed by atoms with Crippen LogP contribution in [0.3, 0.4) is 0 Å². The van der Waals surface area contributed by atoms with Gasteiger partial charge in [-0.3, -0.25) is 10.1 Å². The summed E-state index contributed by atoms with van der Waals surface area (Å²) in [5.41, 5.74) is 2.91. The molecule has 0 atom stereocenters. The van der Waals surface area contributed by atoms with Gasteiger partial charge in [0.25, 0.3) is 5.91 Å². The number of hydrogen-bond acceptors (Lipinski definition) is 7. The van der Waals surface area contributed by atoms with Crippen LogP contribution in [0.2, 0.25) is 0 Å². The summed E-state index contributed by atoms with van der Waals surface area (Å²) in [4.78, 5) is 17.5. The van der Waals surface area contributed by atoms with E-state index in [9.17, 15) is 13.2 Å². The van der Waals surface area contributed by atoms with E-state index >= 15 is 0 Å². The minimum Gasteiger partial charge on any atom is -0.497 e. The van der Waals surface area contributed by atoms with Crippen molar-refractivity contribution < 1.29 is 22.7 Å². The standard InChI is InChI=1S/C22H25N3O5S2/c1-13-9-15(10-20(14(13)2)32(27,28)25(3)4)21(26)24-22-23-18(12-31-22)17-11-16(29-5)7-8-19(17)30-6/h7-12H,1-6H3,(H,23,24,26). The molecular weight excluding hydrogens is 450 g/mol. The number of amides is 1. The Morgan fingerprint density at radius 1 is 1.09 bits per heavy atom. The number of benzene rings is 2. The van der Waals surface area contributed by atoms with Gasteiger partial charge in [0.1, 0.15) is 11.5 Å². The highest BCUT2D eigenvalue weighted by Gasteiger charge is 2.23. The van der Waals surface area contributed by atoms with Crippen LogP contribution in [-0.4, -0.2) is 51.9 Å². The van der Waals surface area contributed by atoms with Crippen LogP contribution in [0.25, 0.3) is 11.3 Å².